The number of imide groups is 1. The van der Waals surface area contributed by atoms with E-state index in [9.17, 15) is 14.4 Å². The Morgan fingerprint density at radius 2 is 1.87 bits per heavy atom. The predicted molar refractivity (Wildman–Crippen MR) is 118 cm³/mol. The number of benzene rings is 1. The summed E-state index contributed by atoms with van der Waals surface area (Å²) >= 11 is 0. The molecule has 2 saturated carbocycles. The number of para-hydroxylation sites is 1. The number of amides is 3. The van der Waals surface area contributed by atoms with E-state index in [1.54, 1.807) is 0 Å². The molecule has 1 aliphatic heterocycles. The Morgan fingerprint density at radius 3 is 2.58 bits per heavy atom. The minimum Gasteiger partial charge on any atom is -0.465 e. The average molecular weight is 427 g/mol. The molecule has 0 aromatic heterocycles. The number of fused-ring (bicyclic) bond motifs is 2. The number of carbonyl (C=O) groups is 3. The molecule has 6 heteroatoms. The molecule has 6 nitrogen and oxygen atoms in total. The fourth-order valence-electron chi connectivity index (χ4n) is 6.47. The standard InChI is InChI=1S/C25H34N2O4/c1-24(2)13-20-14-25(3,15-24)16-26(20)23(30)27(19-9-5-4-6-10-19)22(29)18-8-7-11-21(12-18)31-17-28/h4-6,9-10,17-18,20-21H,7-8,11-16H2,1-3H3. The molecule has 1 heterocycles. The molecule has 2 aliphatic carbocycles. The maximum atomic E-state index is 13.9. The average Bonchev–Trinajstić information content (AvgIpc) is 2.98. The summed E-state index contributed by atoms with van der Waals surface area (Å²) < 4.78 is 5.16. The van der Waals surface area contributed by atoms with Crippen LogP contribution in [0.3, 0.4) is 0 Å². The van der Waals surface area contributed by atoms with Gasteiger partial charge in [-0.2, -0.15) is 0 Å². The summed E-state index contributed by atoms with van der Waals surface area (Å²) in [6, 6.07) is 9.21. The van der Waals surface area contributed by atoms with E-state index in [1.165, 1.54) is 4.90 Å². The lowest BCUT2D eigenvalue weighted by molar-refractivity contribution is -0.138. The van der Waals surface area contributed by atoms with Gasteiger partial charge in [0.2, 0.25) is 5.91 Å². The Hall–Kier alpha value is -2.37. The van der Waals surface area contributed by atoms with E-state index in [2.05, 4.69) is 20.8 Å². The number of carbonyl (C=O) groups excluding carboxylic acids is 3. The van der Waals surface area contributed by atoms with E-state index < -0.39 is 0 Å². The van der Waals surface area contributed by atoms with Gasteiger partial charge >= 0.3 is 6.03 Å². The minimum absolute atomic E-state index is 0.0984. The van der Waals surface area contributed by atoms with Crippen LogP contribution in [-0.4, -0.2) is 42.0 Å². The maximum absolute atomic E-state index is 13.9. The Kier molecular flexibility index (Phi) is 5.84. The first-order chi connectivity index (χ1) is 14.7. The number of likely N-dealkylation sites (tertiary alicyclic amines) is 1. The quantitative estimate of drug-likeness (QED) is 0.651. The van der Waals surface area contributed by atoms with Crippen LogP contribution in [0.4, 0.5) is 10.5 Å². The monoisotopic (exact) mass is 426 g/mol. The molecule has 3 aliphatic rings. The van der Waals surface area contributed by atoms with Gasteiger partial charge in [-0.15, -0.1) is 0 Å². The molecule has 3 fully saturated rings. The molecule has 3 amide bonds. The van der Waals surface area contributed by atoms with Crippen molar-refractivity contribution >= 4 is 24.1 Å². The van der Waals surface area contributed by atoms with Crippen LogP contribution in [-0.2, 0) is 14.3 Å². The topological polar surface area (TPSA) is 66.9 Å². The normalized spacial score (nSPS) is 31.7. The second-order valence-corrected chi connectivity index (χ2v) is 10.9. The molecular weight excluding hydrogens is 392 g/mol. The first-order valence-corrected chi connectivity index (χ1v) is 11.5. The molecule has 1 aromatic carbocycles. The van der Waals surface area contributed by atoms with Crippen molar-refractivity contribution in [2.75, 3.05) is 11.4 Å². The van der Waals surface area contributed by atoms with Gasteiger partial charge in [-0.3, -0.25) is 9.59 Å². The van der Waals surface area contributed by atoms with Gasteiger partial charge in [0.15, 0.2) is 0 Å². The highest BCUT2D eigenvalue weighted by Crippen LogP contribution is 2.52. The molecule has 1 aromatic rings. The van der Waals surface area contributed by atoms with E-state index in [1.807, 2.05) is 35.2 Å². The number of anilines is 1. The number of nitrogens with zero attached hydrogens (tertiary/aromatic N) is 2. The number of urea groups is 1. The summed E-state index contributed by atoms with van der Waals surface area (Å²) in [5.41, 5.74) is 0.903. The van der Waals surface area contributed by atoms with Crippen LogP contribution in [0.1, 0.15) is 65.7 Å². The molecule has 31 heavy (non-hydrogen) atoms. The lowest BCUT2D eigenvalue weighted by atomic mass is 9.65. The van der Waals surface area contributed by atoms with Gasteiger partial charge in [-0.1, -0.05) is 39.0 Å². The molecule has 168 valence electrons. The second-order valence-electron chi connectivity index (χ2n) is 10.9. The minimum atomic E-state index is -0.322. The highest BCUT2D eigenvalue weighted by atomic mass is 16.5. The van der Waals surface area contributed by atoms with Crippen LogP contribution in [0.5, 0.6) is 0 Å². The lowest BCUT2D eigenvalue weighted by Crippen LogP contribution is -2.51. The first-order valence-electron chi connectivity index (χ1n) is 11.5. The molecular formula is C25H34N2O4. The van der Waals surface area contributed by atoms with Gasteiger partial charge in [-0.25, -0.2) is 9.69 Å². The van der Waals surface area contributed by atoms with Crippen LogP contribution in [0.15, 0.2) is 30.3 Å². The van der Waals surface area contributed by atoms with Crippen molar-refractivity contribution in [3.8, 4) is 0 Å². The zero-order valence-electron chi connectivity index (χ0n) is 18.9. The third-order valence-electron chi connectivity index (χ3n) is 7.31. The van der Waals surface area contributed by atoms with Gasteiger partial charge in [0.25, 0.3) is 6.47 Å². The molecule has 0 spiro atoms. The van der Waals surface area contributed by atoms with Crippen LogP contribution in [0.2, 0.25) is 0 Å². The number of ether oxygens (including phenoxy) is 1. The summed E-state index contributed by atoms with van der Waals surface area (Å²) in [5, 5.41) is 0. The highest BCUT2D eigenvalue weighted by molar-refractivity contribution is 6.15. The molecule has 1 saturated heterocycles. The zero-order valence-corrected chi connectivity index (χ0v) is 18.9. The Balaban J connectivity index is 1.61. The SMILES string of the molecule is CC1(C)CC2CC(C)(CN2C(=O)N(C(=O)C2CCCC(OC=O)C2)c2ccccc2)C1. The van der Waals surface area contributed by atoms with Crippen molar-refractivity contribution in [2.45, 2.75) is 77.9 Å². The third-order valence-corrected chi connectivity index (χ3v) is 7.31. The number of rotatable bonds is 4. The molecule has 0 N–H and O–H groups in total. The van der Waals surface area contributed by atoms with Gasteiger partial charge in [-0.05, 0) is 67.9 Å². The first kappa shape index (κ1) is 21.8. The van der Waals surface area contributed by atoms with E-state index in [0.717, 1.165) is 32.1 Å². The summed E-state index contributed by atoms with van der Waals surface area (Å²) in [7, 11) is 0. The molecule has 4 rings (SSSR count). The second kappa shape index (κ2) is 8.29. The Bertz CT molecular complexity index is 839. The van der Waals surface area contributed by atoms with Crippen molar-refractivity contribution < 1.29 is 19.1 Å². The van der Waals surface area contributed by atoms with Gasteiger partial charge < -0.3 is 9.64 Å². The lowest BCUT2D eigenvalue weighted by Gasteiger charge is -2.39. The van der Waals surface area contributed by atoms with Crippen LogP contribution in [0, 0.1) is 16.7 Å². The largest absolute Gasteiger partial charge is 0.465 e. The smallest absolute Gasteiger partial charge is 0.331 e. The summed E-state index contributed by atoms with van der Waals surface area (Å²) in [6.07, 6.45) is 5.56. The van der Waals surface area contributed by atoms with Crippen LogP contribution in [0.25, 0.3) is 0 Å². The van der Waals surface area contributed by atoms with E-state index in [4.69, 9.17) is 4.74 Å². The highest BCUT2D eigenvalue weighted by Gasteiger charge is 2.52. The molecule has 2 bridgehead atoms. The maximum Gasteiger partial charge on any atom is 0.331 e. The number of hydrogen-bond acceptors (Lipinski definition) is 4. The fourth-order valence-corrected chi connectivity index (χ4v) is 6.47. The van der Waals surface area contributed by atoms with Crippen molar-refractivity contribution in [1.82, 2.24) is 4.90 Å². The van der Waals surface area contributed by atoms with Crippen molar-refractivity contribution in [3.63, 3.8) is 0 Å². The van der Waals surface area contributed by atoms with Gasteiger partial charge in [0.1, 0.15) is 6.10 Å². The molecule has 4 unspecified atom stereocenters. The van der Waals surface area contributed by atoms with Crippen molar-refractivity contribution in [2.24, 2.45) is 16.7 Å². The predicted octanol–water partition coefficient (Wildman–Crippen LogP) is 4.77. The number of hydrogen-bond donors (Lipinski definition) is 0. The molecule has 4 atom stereocenters. The van der Waals surface area contributed by atoms with E-state index in [-0.39, 0.29) is 40.8 Å². The molecule has 0 radical (unpaired) electrons. The van der Waals surface area contributed by atoms with Crippen LogP contribution >= 0.6 is 0 Å². The van der Waals surface area contributed by atoms with E-state index >= 15 is 0 Å². The summed E-state index contributed by atoms with van der Waals surface area (Å²) in [4.78, 5) is 41.7. The van der Waals surface area contributed by atoms with Crippen molar-refractivity contribution in [3.05, 3.63) is 30.3 Å². The fraction of sp³-hybridized carbons (Fsp3) is 0.640. The van der Waals surface area contributed by atoms with Gasteiger partial charge in [0, 0.05) is 18.5 Å². The van der Waals surface area contributed by atoms with Crippen molar-refractivity contribution in [1.29, 1.82) is 0 Å². The summed E-state index contributed by atoms with van der Waals surface area (Å²) in [6.45, 7) is 7.98. The van der Waals surface area contributed by atoms with Crippen LogP contribution < -0.4 is 4.90 Å². The van der Waals surface area contributed by atoms with E-state index in [0.29, 0.717) is 31.5 Å². The third kappa shape index (κ3) is 4.48. The Labute approximate surface area is 184 Å². The van der Waals surface area contributed by atoms with Gasteiger partial charge in [0.05, 0.1) is 5.69 Å². The Morgan fingerprint density at radius 1 is 1.13 bits per heavy atom. The summed E-state index contributed by atoms with van der Waals surface area (Å²) in [5.74, 6) is -0.502. The zero-order chi connectivity index (χ0) is 22.2.